The summed E-state index contributed by atoms with van der Waals surface area (Å²) >= 11 is 0. The molecule has 0 spiro atoms. The van der Waals surface area contributed by atoms with Gasteiger partial charge >= 0.3 is 5.97 Å². The van der Waals surface area contributed by atoms with Gasteiger partial charge in [-0.15, -0.1) is 0 Å². The summed E-state index contributed by atoms with van der Waals surface area (Å²) in [4.78, 5) is 27.1. The van der Waals surface area contributed by atoms with Crippen molar-refractivity contribution < 1.29 is 23.9 Å². The topological polar surface area (TPSA) is 100 Å². The molecule has 2 aliphatic rings. The number of carbonyl (C=O) groups excluding carboxylic acids is 1. The van der Waals surface area contributed by atoms with E-state index in [4.69, 9.17) is 14.2 Å². The molecular weight excluding hydrogens is 352 g/mol. The molecule has 2 aromatic carbocycles. The van der Waals surface area contributed by atoms with E-state index in [0.717, 1.165) is 0 Å². The molecule has 0 saturated carbocycles. The molecule has 0 aliphatic carbocycles. The van der Waals surface area contributed by atoms with E-state index in [1.54, 1.807) is 30.3 Å². The summed E-state index contributed by atoms with van der Waals surface area (Å²) < 4.78 is 15.8. The van der Waals surface area contributed by atoms with Crippen LogP contribution in [-0.4, -0.2) is 23.6 Å². The molecule has 136 valence electrons. The quantitative estimate of drug-likeness (QED) is 0.356. The van der Waals surface area contributed by atoms with Gasteiger partial charge in [0.2, 0.25) is 12.7 Å². The molecule has 2 aliphatic heterocycles. The summed E-state index contributed by atoms with van der Waals surface area (Å²) in [6.45, 7) is 1.99. The minimum atomic E-state index is -0.620. The fourth-order valence-electron chi connectivity index (χ4n) is 2.86. The number of aryl methyl sites for hydroxylation is 1. The predicted octanol–water partition coefficient (Wildman–Crippen LogP) is 3.23. The first kappa shape index (κ1) is 16.8. The number of nitro groups is 1. The van der Waals surface area contributed by atoms with Crippen molar-refractivity contribution in [1.82, 2.24) is 0 Å². The number of benzene rings is 2. The maximum atomic E-state index is 12.1. The van der Waals surface area contributed by atoms with E-state index < -0.39 is 10.9 Å². The van der Waals surface area contributed by atoms with Crippen LogP contribution in [0.4, 0.5) is 5.69 Å². The number of aliphatic imine (C=N–C) groups is 1. The van der Waals surface area contributed by atoms with Crippen LogP contribution in [0.5, 0.6) is 11.5 Å². The number of fused-ring (bicyclic) bond motifs is 1. The second-order valence-electron chi connectivity index (χ2n) is 5.90. The first-order valence-electron chi connectivity index (χ1n) is 8.25. The van der Waals surface area contributed by atoms with Crippen molar-refractivity contribution in [2.75, 3.05) is 6.79 Å². The second-order valence-corrected chi connectivity index (χ2v) is 5.90. The molecule has 0 fully saturated rings. The van der Waals surface area contributed by atoms with Crippen LogP contribution in [0, 0.1) is 10.1 Å². The van der Waals surface area contributed by atoms with Crippen molar-refractivity contribution in [1.29, 1.82) is 0 Å². The lowest BCUT2D eigenvalue weighted by atomic mass is 10.1. The largest absolute Gasteiger partial charge is 0.454 e. The van der Waals surface area contributed by atoms with Gasteiger partial charge in [-0.3, -0.25) is 10.1 Å². The number of ether oxygens (including phenoxy) is 3. The highest BCUT2D eigenvalue weighted by atomic mass is 16.7. The van der Waals surface area contributed by atoms with Crippen molar-refractivity contribution in [3.05, 3.63) is 68.9 Å². The van der Waals surface area contributed by atoms with Crippen LogP contribution in [0.15, 0.2) is 47.1 Å². The highest BCUT2D eigenvalue weighted by Gasteiger charge is 2.26. The smallest absolute Gasteiger partial charge is 0.363 e. The number of esters is 1. The van der Waals surface area contributed by atoms with Gasteiger partial charge in [-0.2, -0.15) is 0 Å². The Kier molecular flexibility index (Phi) is 4.08. The lowest BCUT2D eigenvalue weighted by Crippen LogP contribution is -2.05. The highest BCUT2D eigenvalue weighted by Crippen LogP contribution is 2.33. The molecule has 0 amide bonds. The lowest BCUT2D eigenvalue weighted by molar-refractivity contribution is -0.385. The summed E-state index contributed by atoms with van der Waals surface area (Å²) in [5, 5.41) is 11.2. The van der Waals surface area contributed by atoms with E-state index in [1.807, 2.05) is 6.92 Å². The fourth-order valence-corrected chi connectivity index (χ4v) is 2.86. The van der Waals surface area contributed by atoms with Crippen LogP contribution < -0.4 is 9.47 Å². The Bertz CT molecular complexity index is 1020. The Morgan fingerprint density at radius 1 is 1.19 bits per heavy atom. The maximum absolute atomic E-state index is 12.1. The van der Waals surface area contributed by atoms with Gasteiger partial charge in [-0.25, -0.2) is 9.79 Å². The van der Waals surface area contributed by atoms with E-state index in [1.165, 1.54) is 12.1 Å². The zero-order valence-corrected chi connectivity index (χ0v) is 14.3. The number of hydrogen-bond donors (Lipinski definition) is 0. The molecule has 8 nitrogen and oxygen atoms in total. The molecule has 27 heavy (non-hydrogen) atoms. The minimum Gasteiger partial charge on any atom is -0.454 e. The summed E-state index contributed by atoms with van der Waals surface area (Å²) in [7, 11) is 0. The SMILES string of the molecule is CCc1ccc(/C=C2\N=C(c3ccc4c(c3)OCO4)OC2=O)cc1[N+](=O)[O-]. The van der Waals surface area contributed by atoms with Crippen molar-refractivity contribution in [3.8, 4) is 11.5 Å². The van der Waals surface area contributed by atoms with Crippen molar-refractivity contribution in [2.45, 2.75) is 13.3 Å². The molecule has 4 rings (SSSR count). The summed E-state index contributed by atoms with van der Waals surface area (Å²) in [6, 6.07) is 9.91. The van der Waals surface area contributed by atoms with Gasteiger partial charge in [0.25, 0.3) is 5.69 Å². The standard InChI is InChI=1S/C19H14N2O6/c1-2-12-4-3-11(8-15(12)21(23)24)7-14-19(22)27-18(20-14)13-5-6-16-17(9-13)26-10-25-16/h3-9H,2,10H2,1H3/b14-7-. The van der Waals surface area contributed by atoms with Crippen LogP contribution in [0.1, 0.15) is 23.6 Å². The lowest BCUT2D eigenvalue weighted by Gasteiger charge is -2.01. The summed E-state index contributed by atoms with van der Waals surface area (Å²) in [5.74, 6) is 0.686. The van der Waals surface area contributed by atoms with Gasteiger partial charge < -0.3 is 14.2 Å². The third-order valence-corrected chi connectivity index (χ3v) is 4.23. The molecule has 0 bridgehead atoms. The normalized spacial score (nSPS) is 16.4. The number of nitrogens with zero attached hydrogens (tertiary/aromatic N) is 2. The van der Waals surface area contributed by atoms with Gasteiger partial charge in [0, 0.05) is 17.2 Å². The van der Waals surface area contributed by atoms with E-state index in [9.17, 15) is 14.9 Å². The summed E-state index contributed by atoms with van der Waals surface area (Å²) in [6.07, 6.45) is 2.01. The molecule has 2 aromatic rings. The van der Waals surface area contributed by atoms with Crippen LogP contribution in [0.3, 0.4) is 0 Å². The summed E-state index contributed by atoms with van der Waals surface area (Å²) in [5.41, 5.74) is 1.78. The van der Waals surface area contributed by atoms with Crippen molar-refractivity contribution in [3.63, 3.8) is 0 Å². The zero-order chi connectivity index (χ0) is 19.0. The molecule has 0 unspecified atom stereocenters. The van der Waals surface area contributed by atoms with E-state index in [0.29, 0.717) is 34.6 Å². The first-order valence-corrected chi connectivity index (χ1v) is 8.25. The fraction of sp³-hybridized carbons (Fsp3) is 0.158. The Labute approximate surface area is 153 Å². The predicted molar refractivity (Wildman–Crippen MR) is 95.6 cm³/mol. The van der Waals surface area contributed by atoms with E-state index in [-0.39, 0.29) is 24.1 Å². The highest BCUT2D eigenvalue weighted by molar-refractivity contribution is 6.13. The third-order valence-electron chi connectivity index (χ3n) is 4.23. The second kappa shape index (κ2) is 6.56. The number of rotatable bonds is 4. The molecule has 2 heterocycles. The first-order chi connectivity index (χ1) is 13.0. The number of carbonyl (C=O) groups is 1. The average molecular weight is 366 g/mol. The molecule has 0 N–H and O–H groups in total. The van der Waals surface area contributed by atoms with Crippen molar-refractivity contribution in [2.24, 2.45) is 4.99 Å². The number of cyclic esters (lactones) is 1. The maximum Gasteiger partial charge on any atom is 0.363 e. The van der Waals surface area contributed by atoms with Gasteiger partial charge in [0.15, 0.2) is 17.2 Å². The van der Waals surface area contributed by atoms with Crippen LogP contribution in [0.2, 0.25) is 0 Å². The monoisotopic (exact) mass is 366 g/mol. The molecule has 8 heteroatoms. The Morgan fingerprint density at radius 3 is 2.78 bits per heavy atom. The Hall–Kier alpha value is -3.68. The van der Waals surface area contributed by atoms with Crippen LogP contribution >= 0.6 is 0 Å². The van der Waals surface area contributed by atoms with Gasteiger partial charge in [-0.05, 0) is 36.3 Å². The molecular formula is C19H14N2O6. The van der Waals surface area contributed by atoms with Gasteiger partial charge in [0.1, 0.15) is 0 Å². The van der Waals surface area contributed by atoms with E-state index >= 15 is 0 Å². The molecule has 0 aromatic heterocycles. The van der Waals surface area contributed by atoms with Crippen LogP contribution in [-0.2, 0) is 16.0 Å². The number of nitro benzene ring substituents is 1. The van der Waals surface area contributed by atoms with E-state index in [2.05, 4.69) is 4.99 Å². The van der Waals surface area contributed by atoms with Crippen molar-refractivity contribution >= 4 is 23.6 Å². The number of hydrogen-bond acceptors (Lipinski definition) is 7. The molecule has 0 atom stereocenters. The molecule has 0 saturated heterocycles. The van der Waals surface area contributed by atoms with Crippen LogP contribution in [0.25, 0.3) is 6.08 Å². The molecule has 0 radical (unpaired) electrons. The Balaban J connectivity index is 1.67. The van der Waals surface area contributed by atoms with Gasteiger partial charge in [-0.1, -0.05) is 19.1 Å². The van der Waals surface area contributed by atoms with Gasteiger partial charge in [0.05, 0.1) is 4.92 Å². The third kappa shape index (κ3) is 3.12. The Morgan fingerprint density at radius 2 is 2.00 bits per heavy atom. The zero-order valence-electron chi connectivity index (χ0n) is 14.3. The minimum absolute atomic E-state index is 0.0122. The average Bonchev–Trinajstić information content (AvgIpc) is 3.27.